The Labute approximate surface area is 126 Å². The predicted molar refractivity (Wildman–Crippen MR) is 77.8 cm³/mol. The lowest BCUT2D eigenvalue weighted by molar-refractivity contribution is -0.386. The predicted octanol–water partition coefficient (Wildman–Crippen LogP) is 1.82. The maximum Gasteiger partial charge on any atom is 0.327 e. The average molecular weight is 311 g/mol. The third kappa shape index (κ3) is 3.91. The van der Waals surface area contributed by atoms with Crippen molar-refractivity contribution in [1.82, 2.24) is 0 Å². The quantitative estimate of drug-likeness (QED) is 0.615. The van der Waals surface area contributed by atoms with Crippen molar-refractivity contribution in [3.63, 3.8) is 0 Å². The molecule has 1 aliphatic rings. The van der Waals surface area contributed by atoms with Gasteiger partial charge in [-0.15, -0.1) is 0 Å². The molecule has 0 radical (unpaired) electrons. The number of para-hydroxylation sites is 1. The third-order valence-electron chi connectivity index (χ3n) is 3.77. The van der Waals surface area contributed by atoms with Crippen LogP contribution in [0.3, 0.4) is 0 Å². The number of anilines is 1. The number of hydrogen-bond acceptors (Lipinski definition) is 5. The minimum Gasteiger partial charge on any atom is -0.381 e. The third-order valence-corrected chi connectivity index (χ3v) is 3.77. The summed E-state index contributed by atoms with van der Waals surface area (Å²) in [5.74, 6) is -1.34. The number of nitrogens with one attached hydrogen (secondary N) is 1. The Morgan fingerprint density at radius 3 is 2.77 bits per heavy atom. The fourth-order valence-electron chi connectivity index (χ4n) is 2.69. The lowest BCUT2D eigenvalue weighted by atomic mass is 9.89. The molecule has 22 heavy (non-hydrogen) atoms. The molecule has 0 saturated carbocycles. The van der Waals surface area contributed by atoms with Gasteiger partial charge in [0.2, 0.25) is 11.7 Å². The maximum atomic E-state index is 13.7. The molecule has 8 heteroatoms. The number of halogens is 1. The van der Waals surface area contributed by atoms with Gasteiger partial charge in [-0.25, -0.2) is 0 Å². The molecule has 1 heterocycles. The zero-order valence-electron chi connectivity index (χ0n) is 12.0. The van der Waals surface area contributed by atoms with Gasteiger partial charge < -0.3 is 15.8 Å². The standard InChI is InChI=1S/C14H18FN3O4/c15-10-2-1-3-11(14(10)18(20)21)17-12(8-13(16)19)9-4-6-22-7-5-9/h1-3,9,12,17H,4-8H2,(H2,16,19)/t12-/m0/s1. The SMILES string of the molecule is NC(=O)C[C@H](Nc1cccc(F)c1[N+](=O)[O-])C1CCOCC1. The van der Waals surface area contributed by atoms with Crippen molar-refractivity contribution >= 4 is 17.3 Å². The molecule has 1 saturated heterocycles. The maximum absolute atomic E-state index is 13.7. The summed E-state index contributed by atoms with van der Waals surface area (Å²) in [4.78, 5) is 21.5. The Kier molecular flexibility index (Phi) is 5.26. The molecule has 0 spiro atoms. The van der Waals surface area contributed by atoms with Crippen LogP contribution in [0.15, 0.2) is 18.2 Å². The van der Waals surface area contributed by atoms with Crippen LogP contribution in [0.1, 0.15) is 19.3 Å². The number of primary amides is 1. The topological polar surface area (TPSA) is 107 Å². The second-order valence-corrected chi connectivity index (χ2v) is 5.26. The second kappa shape index (κ2) is 7.17. The molecular formula is C14H18FN3O4. The molecule has 7 nitrogen and oxygen atoms in total. The summed E-state index contributed by atoms with van der Waals surface area (Å²) >= 11 is 0. The highest BCUT2D eigenvalue weighted by molar-refractivity contribution is 5.75. The molecule has 0 aliphatic carbocycles. The molecule has 1 aromatic rings. The first-order chi connectivity index (χ1) is 10.5. The van der Waals surface area contributed by atoms with Crippen LogP contribution in [0.5, 0.6) is 0 Å². The van der Waals surface area contributed by atoms with E-state index < -0.39 is 22.3 Å². The fourth-order valence-corrected chi connectivity index (χ4v) is 2.69. The molecule has 1 aromatic carbocycles. The highest BCUT2D eigenvalue weighted by atomic mass is 19.1. The average Bonchev–Trinajstić information content (AvgIpc) is 2.46. The van der Waals surface area contributed by atoms with Crippen LogP contribution in [0.4, 0.5) is 15.8 Å². The van der Waals surface area contributed by atoms with Gasteiger partial charge >= 0.3 is 5.69 Å². The normalized spacial score (nSPS) is 17.0. The summed E-state index contributed by atoms with van der Waals surface area (Å²) < 4.78 is 18.9. The minimum atomic E-state index is -0.917. The number of carbonyl (C=O) groups is 1. The number of nitrogens with zero attached hydrogens (tertiary/aromatic N) is 1. The van der Waals surface area contributed by atoms with Gasteiger partial charge in [-0.05, 0) is 30.9 Å². The number of rotatable bonds is 6. The molecular weight excluding hydrogens is 293 g/mol. The highest BCUT2D eigenvalue weighted by Crippen LogP contribution is 2.31. The Bertz CT molecular complexity index is 561. The van der Waals surface area contributed by atoms with Crippen LogP contribution in [-0.2, 0) is 9.53 Å². The van der Waals surface area contributed by atoms with E-state index in [1.165, 1.54) is 12.1 Å². The Morgan fingerprint density at radius 1 is 1.50 bits per heavy atom. The summed E-state index contributed by atoms with van der Waals surface area (Å²) in [5, 5.41) is 14.0. The van der Waals surface area contributed by atoms with E-state index in [2.05, 4.69) is 5.32 Å². The van der Waals surface area contributed by atoms with Gasteiger partial charge in [0.15, 0.2) is 0 Å². The number of amides is 1. The minimum absolute atomic E-state index is 0.0261. The van der Waals surface area contributed by atoms with Crippen LogP contribution in [-0.4, -0.2) is 30.1 Å². The van der Waals surface area contributed by atoms with Crippen molar-refractivity contribution in [2.75, 3.05) is 18.5 Å². The van der Waals surface area contributed by atoms with E-state index >= 15 is 0 Å². The first-order valence-electron chi connectivity index (χ1n) is 7.04. The molecule has 3 N–H and O–H groups in total. The summed E-state index contributed by atoms with van der Waals surface area (Å²) in [6, 6.07) is 3.45. The molecule has 1 atom stereocenters. The van der Waals surface area contributed by atoms with Gasteiger partial charge in [0, 0.05) is 25.7 Å². The van der Waals surface area contributed by atoms with Gasteiger partial charge in [-0.1, -0.05) is 6.07 Å². The lowest BCUT2D eigenvalue weighted by Gasteiger charge is -2.30. The monoisotopic (exact) mass is 311 g/mol. The zero-order valence-corrected chi connectivity index (χ0v) is 12.0. The summed E-state index contributed by atoms with van der Waals surface area (Å²) in [6.45, 7) is 1.12. The molecule has 2 rings (SSSR count). The first-order valence-corrected chi connectivity index (χ1v) is 7.04. The van der Waals surface area contributed by atoms with Crippen molar-refractivity contribution < 1.29 is 18.8 Å². The van der Waals surface area contributed by atoms with Gasteiger partial charge in [-0.3, -0.25) is 14.9 Å². The fraction of sp³-hybridized carbons (Fsp3) is 0.500. The van der Waals surface area contributed by atoms with Crippen molar-refractivity contribution in [3.8, 4) is 0 Å². The summed E-state index contributed by atoms with van der Waals surface area (Å²) in [7, 11) is 0. The smallest absolute Gasteiger partial charge is 0.327 e. The number of nitro benzene ring substituents is 1. The number of hydrogen-bond donors (Lipinski definition) is 2. The summed E-state index contributed by atoms with van der Waals surface area (Å²) in [5.41, 5.74) is 4.70. The van der Waals surface area contributed by atoms with Crippen LogP contribution in [0, 0.1) is 21.8 Å². The number of ether oxygens (including phenoxy) is 1. The van der Waals surface area contributed by atoms with E-state index in [9.17, 15) is 19.3 Å². The number of nitro groups is 1. The van der Waals surface area contributed by atoms with Crippen LogP contribution in [0.25, 0.3) is 0 Å². The molecule has 1 amide bonds. The van der Waals surface area contributed by atoms with Crippen LogP contribution in [0.2, 0.25) is 0 Å². The molecule has 1 aliphatic heterocycles. The molecule has 0 bridgehead atoms. The van der Waals surface area contributed by atoms with E-state index in [4.69, 9.17) is 10.5 Å². The van der Waals surface area contributed by atoms with Crippen molar-refractivity contribution in [3.05, 3.63) is 34.1 Å². The highest BCUT2D eigenvalue weighted by Gasteiger charge is 2.28. The van der Waals surface area contributed by atoms with E-state index in [0.29, 0.717) is 26.1 Å². The molecule has 0 aromatic heterocycles. The zero-order chi connectivity index (χ0) is 16.1. The van der Waals surface area contributed by atoms with Crippen LogP contribution < -0.4 is 11.1 Å². The van der Waals surface area contributed by atoms with Crippen molar-refractivity contribution in [1.29, 1.82) is 0 Å². The Balaban J connectivity index is 2.24. The Hall–Kier alpha value is -2.22. The molecule has 1 fully saturated rings. The lowest BCUT2D eigenvalue weighted by Crippen LogP contribution is -2.37. The van der Waals surface area contributed by atoms with E-state index in [-0.39, 0.29) is 24.1 Å². The second-order valence-electron chi connectivity index (χ2n) is 5.26. The number of benzene rings is 1. The van der Waals surface area contributed by atoms with Gasteiger partial charge in [0.25, 0.3) is 0 Å². The van der Waals surface area contributed by atoms with Crippen molar-refractivity contribution in [2.24, 2.45) is 11.7 Å². The Morgan fingerprint density at radius 2 is 2.18 bits per heavy atom. The van der Waals surface area contributed by atoms with E-state index in [1.54, 1.807) is 0 Å². The van der Waals surface area contributed by atoms with E-state index in [1.807, 2.05) is 0 Å². The molecule has 0 unspecified atom stereocenters. The van der Waals surface area contributed by atoms with Gasteiger partial charge in [-0.2, -0.15) is 4.39 Å². The number of carbonyl (C=O) groups excluding carboxylic acids is 1. The van der Waals surface area contributed by atoms with Gasteiger partial charge in [0.05, 0.1) is 4.92 Å². The first kappa shape index (κ1) is 16.2. The van der Waals surface area contributed by atoms with Gasteiger partial charge in [0.1, 0.15) is 5.69 Å². The summed E-state index contributed by atoms with van der Waals surface area (Å²) in [6.07, 6.45) is 1.46. The van der Waals surface area contributed by atoms with Crippen LogP contribution >= 0.6 is 0 Å². The van der Waals surface area contributed by atoms with E-state index in [0.717, 1.165) is 6.07 Å². The van der Waals surface area contributed by atoms with Crippen molar-refractivity contribution in [2.45, 2.75) is 25.3 Å². The molecule has 120 valence electrons. The largest absolute Gasteiger partial charge is 0.381 e. The number of nitrogens with two attached hydrogens (primary N) is 1.